The van der Waals surface area contributed by atoms with Gasteiger partial charge in [-0.2, -0.15) is 0 Å². The molecule has 8 heteroatoms. The number of allylic oxidation sites excluding steroid dienone is 1. The Bertz CT molecular complexity index is 1610. The molecule has 0 bridgehead atoms. The van der Waals surface area contributed by atoms with Gasteiger partial charge in [-0.05, 0) is 48.1 Å². The maximum atomic E-state index is 13.3. The van der Waals surface area contributed by atoms with Gasteiger partial charge in [-0.25, -0.2) is 9.97 Å². The summed E-state index contributed by atoms with van der Waals surface area (Å²) in [7, 11) is 1.65. The molecule has 0 saturated heterocycles. The molecular weight excluding hydrogens is 478 g/mol. The number of amides is 1. The van der Waals surface area contributed by atoms with E-state index in [0.29, 0.717) is 34.6 Å². The molecule has 192 valence electrons. The van der Waals surface area contributed by atoms with Crippen molar-refractivity contribution < 1.29 is 14.3 Å². The molecule has 2 aliphatic rings. The first-order valence-corrected chi connectivity index (χ1v) is 13.1. The molecule has 1 aliphatic carbocycles. The van der Waals surface area contributed by atoms with Crippen LogP contribution in [0.4, 0.5) is 5.95 Å². The minimum absolute atomic E-state index is 0.0504. The van der Waals surface area contributed by atoms with Crippen molar-refractivity contribution in [3.63, 3.8) is 0 Å². The number of pyridine rings is 1. The smallest absolute Gasteiger partial charge is 0.276 e. The Morgan fingerprint density at radius 3 is 2.76 bits per heavy atom. The van der Waals surface area contributed by atoms with Gasteiger partial charge in [-0.15, -0.1) is 0 Å². The summed E-state index contributed by atoms with van der Waals surface area (Å²) in [5, 5.41) is 4.82. The van der Waals surface area contributed by atoms with Gasteiger partial charge in [0.2, 0.25) is 5.95 Å². The molecule has 0 unspecified atom stereocenters. The van der Waals surface area contributed by atoms with Crippen LogP contribution in [0.25, 0.3) is 21.8 Å². The van der Waals surface area contributed by atoms with E-state index in [0.717, 1.165) is 34.3 Å². The number of aliphatic imine (C=N–C) groups is 1. The van der Waals surface area contributed by atoms with Crippen LogP contribution in [0.15, 0.2) is 59.7 Å². The highest BCUT2D eigenvalue weighted by molar-refractivity contribution is 6.15. The normalized spacial score (nSPS) is 15.3. The van der Waals surface area contributed by atoms with Crippen LogP contribution < -0.4 is 10.1 Å². The number of para-hydroxylation sites is 1. The van der Waals surface area contributed by atoms with Gasteiger partial charge in [-0.3, -0.25) is 19.9 Å². The second-order valence-electron chi connectivity index (χ2n) is 10.0. The number of methoxy groups -OCH3 is 1. The number of anilines is 1. The minimum atomic E-state index is -0.353. The van der Waals surface area contributed by atoms with Crippen LogP contribution in [0.5, 0.6) is 5.75 Å². The molecular formula is C30H29N5O3. The van der Waals surface area contributed by atoms with Crippen LogP contribution >= 0.6 is 0 Å². The average Bonchev–Trinajstić information content (AvgIpc) is 3.70. The highest BCUT2D eigenvalue weighted by Gasteiger charge is 2.21. The second kappa shape index (κ2) is 10.2. The summed E-state index contributed by atoms with van der Waals surface area (Å²) in [5.74, 6) is 1.22. The number of nitrogens with zero attached hydrogens (tertiary/aromatic N) is 3. The molecule has 3 heterocycles. The van der Waals surface area contributed by atoms with Crippen molar-refractivity contribution in [2.45, 2.75) is 44.9 Å². The number of carbonyl (C=O) groups is 2. The predicted molar refractivity (Wildman–Crippen MR) is 148 cm³/mol. The van der Waals surface area contributed by atoms with Gasteiger partial charge in [0.15, 0.2) is 5.78 Å². The Morgan fingerprint density at radius 1 is 1.11 bits per heavy atom. The number of aromatic amines is 1. The SMILES string of the molecule is COc1ccc2cc(C(=O)Nc3nc4c(C(=O)CC5=NC=CC5)cccc4[nH]3)nc(CC3CCCC3)c2c1. The molecule has 2 aromatic heterocycles. The van der Waals surface area contributed by atoms with Crippen molar-refractivity contribution in [2.24, 2.45) is 10.9 Å². The van der Waals surface area contributed by atoms with E-state index < -0.39 is 0 Å². The fourth-order valence-electron chi connectivity index (χ4n) is 5.47. The zero-order valence-corrected chi connectivity index (χ0v) is 21.3. The van der Waals surface area contributed by atoms with E-state index in [1.165, 1.54) is 25.7 Å². The van der Waals surface area contributed by atoms with Crippen LogP contribution in [-0.4, -0.2) is 39.5 Å². The van der Waals surface area contributed by atoms with Crippen LogP contribution in [0, 0.1) is 5.92 Å². The van der Waals surface area contributed by atoms with E-state index >= 15 is 0 Å². The number of Topliss-reactive ketones (excluding diaryl/α,β-unsaturated/α-hetero) is 1. The summed E-state index contributed by atoms with van der Waals surface area (Å²) in [4.78, 5) is 43.0. The molecule has 1 saturated carbocycles. The Labute approximate surface area is 220 Å². The molecule has 0 atom stereocenters. The van der Waals surface area contributed by atoms with Crippen molar-refractivity contribution in [1.29, 1.82) is 0 Å². The summed E-state index contributed by atoms with van der Waals surface area (Å²) in [6.45, 7) is 0. The first-order valence-electron chi connectivity index (χ1n) is 13.1. The van der Waals surface area contributed by atoms with Gasteiger partial charge >= 0.3 is 0 Å². The van der Waals surface area contributed by atoms with Crippen LogP contribution in [0.2, 0.25) is 0 Å². The fraction of sp³-hybridized carbons (Fsp3) is 0.300. The Hall–Kier alpha value is -4.33. The maximum Gasteiger partial charge on any atom is 0.276 e. The molecule has 38 heavy (non-hydrogen) atoms. The van der Waals surface area contributed by atoms with E-state index in [9.17, 15) is 9.59 Å². The summed E-state index contributed by atoms with van der Waals surface area (Å²) in [6.07, 6.45) is 10.3. The van der Waals surface area contributed by atoms with Crippen molar-refractivity contribution in [3.05, 3.63) is 71.7 Å². The molecule has 4 aromatic rings. The maximum absolute atomic E-state index is 13.3. The molecule has 2 aromatic carbocycles. The third-order valence-corrected chi connectivity index (χ3v) is 7.43. The van der Waals surface area contributed by atoms with Gasteiger partial charge in [0, 0.05) is 41.4 Å². The summed E-state index contributed by atoms with van der Waals surface area (Å²) in [6, 6.07) is 13.1. The van der Waals surface area contributed by atoms with E-state index in [1.807, 2.05) is 36.4 Å². The van der Waals surface area contributed by atoms with Gasteiger partial charge in [-0.1, -0.05) is 43.9 Å². The third-order valence-electron chi connectivity index (χ3n) is 7.43. The van der Waals surface area contributed by atoms with Crippen molar-refractivity contribution in [3.8, 4) is 5.75 Å². The number of imidazole rings is 1. The molecule has 8 nitrogen and oxygen atoms in total. The van der Waals surface area contributed by atoms with E-state index in [2.05, 4.69) is 20.3 Å². The number of rotatable bonds is 8. The third kappa shape index (κ3) is 4.81. The fourth-order valence-corrected chi connectivity index (χ4v) is 5.47. The predicted octanol–water partition coefficient (Wildman–Crippen LogP) is 6.04. The van der Waals surface area contributed by atoms with Crippen molar-refractivity contribution in [2.75, 3.05) is 12.4 Å². The van der Waals surface area contributed by atoms with Crippen LogP contribution in [-0.2, 0) is 6.42 Å². The summed E-state index contributed by atoms with van der Waals surface area (Å²) in [5.41, 5.74) is 3.80. The molecule has 1 amide bonds. The molecule has 1 aliphatic heterocycles. The van der Waals surface area contributed by atoms with Gasteiger partial charge in [0.25, 0.3) is 5.91 Å². The molecule has 6 rings (SSSR count). The Balaban J connectivity index is 1.28. The topological polar surface area (TPSA) is 109 Å². The van der Waals surface area contributed by atoms with Crippen molar-refractivity contribution >= 4 is 45.2 Å². The molecule has 2 N–H and O–H groups in total. The number of fused-ring (bicyclic) bond motifs is 2. The number of ketones is 1. The standard InChI is InChI=1S/C30H29N5O3/c1-38-21-12-11-19-15-26(32-25(23(19)17-21)14-18-6-2-3-7-18)29(37)35-30-33-24-10-4-9-22(28(24)34-30)27(36)16-20-8-5-13-31-20/h4-5,9-13,15,17-18H,2-3,6-8,14,16H2,1H3,(H2,33,34,35,37). The largest absolute Gasteiger partial charge is 0.497 e. The number of hydrogen-bond donors (Lipinski definition) is 2. The molecule has 0 radical (unpaired) electrons. The average molecular weight is 508 g/mol. The van der Waals surface area contributed by atoms with Gasteiger partial charge < -0.3 is 9.72 Å². The van der Waals surface area contributed by atoms with Gasteiger partial charge in [0.05, 0.1) is 12.6 Å². The van der Waals surface area contributed by atoms with E-state index in [1.54, 1.807) is 25.4 Å². The molecule has 0 spiro atoms. The molecule has 1 fully saturated rings. The summed E-state index contributed by atoms with van der Waals surface area (Å²) >= 11 is 0. The highest BCUT2D eigenvalue weighted by atomic mass is 16.5. The van der Waals surface area contributed by atoms with Gasteiger partial charge in [0.1, 0.15) is 17.0 Å². The van der Waals surface area contributed by atoms with E-state index in [4.69, 9.17) is 9.72 Å². The lowest BCUT2D eigenvalue weighted by molar-refractivity contribution is 0.0998. The highest BCUT2D eigenvalue weighted by Crippen LogP contribution is 2.32. The Kier molecular flexibility index (Phi) is 6.45. The second-order valence-corrected chi connectivity index (χ2v) is 10.0. The van der Waals surface area contributed by atoms with Crippen LogP contribution in [0.3, 0.4) is 0 Å². The minimum Gasteiger partial charge on any atom is -0.497 e. The zero-order valence-electron chi connectivity index (χ0n) is 21.3. The number of hydrogen-bond acceptors (Lipinski definition) is 6. The number of carbonyl (C=O) groups excluding carboxylic acids is 2. The number of nitrogens with one attached hydrogen (secondary N) is 2. The lowest BCUT2D eigenvalue weighted by atomic mass is 9.97. The van der Waals surface area contributed by atoms with Crippen LogP contribution in [0.1, 0.15) is 65.1 Å². The van der Waals surface area contributed by atoms with E-state index in [-0.39, 0.29) is 24.1 Å². The lowest BCUT2D eigenvalue weighted by Gasteiger charge is -2.14. The zero-order chi connectivity index (χ0) is 26.1. The first kappa shape index (κ1) is 24.0. The number of ether oxygens (including phenoxy) is 1. The number of benzene rings is 2. The monoisotopic (exact) mass is 507 g/mol. The van der Waals surface area contributed by atoms with Crippen molar-refractivity contribution in [1.82, 2.24) is 15.0 Å². The quantitative estimate of drug-likeness (QED) is 0.283. The number of H-pyrrole nitrogens is 1. The summed E-state index contributed by atoms with van der Waals surface area (Å²) < 4.78 is 5.44. The lowest BCUT2D eigenvalue weighted by Crippen LogP contribution is -2.16. The first-order chi connectivity index (χ1) is 18.6. The Morgan fingerprint density at radius 2 is 1.97 bits per heavy atom. The number of aromatic nitrogens is 3.